The molecule has 4 heterocycles. The number of anilines is 1. The van der Waals surface area contributed by atoms with Gasteiger partial charge in [-0.05, 0) is 31.0 Å². The van der Waals surface area contributed by atoms with Crippen molar-refractivity contribution in [2.45, 2.75) is 25.3 Å². The maximum Gasteiger partial charge on any atom is 0.341 e. The normalized spacial score (nSPS) is 26.6. The van der Waals surface area contributed by atoms with E-state index in [1.807, 2.05) is 4.90 Å². The summed E-state index contributed by atoms with van der Waals surface area (Å²) < 4.78 is 5.45. The average Bonchev–Trinajstić information content (AvgIpc) is 3.15. The quantitative estimate of drug-likeness (QED) is 0.532. The number of hydrogen-bond acceptors (Lipinski definition) is 6. The van der Waals surface area contributed by atoms with E-state index in [4.69, 9.17) is 16.0 Å². The summed E-state index contributed by atoms with van der Waals surface area (Å²) in [5.41, 5.74) is -0.787. The third kappa shape index (κ3) is 2.01. The zero-order valence-corrected chi connectivity index (χ0v) is 15.7. The lowest BCUT2D eigenvalue weighted by atomic mass is 9.68. The van der Waals surface area contributed by atoms with Gasteiger partial charge in [0.15, 0.2) is 5.41 Å². The Hall–Kier alpha value is -2.87. The predicted octanol–water partition coefficient (Wildman–Crippen LogP) is 1.67. The summed E-state index contributed by atoms with van der Waals surface area (Å²) in [6.07, 6.45) is 1.24. The molecule has 1 aromatic heterocycles. The standard InChI is InChI=1S/C19H16ClN3O5/c1-22-17(26)19(16(25)21-18(22)27)8-11-14(23-6-2-3-13(19)23)10-7-9(20)4-5-12(10)28-15(11)24/h4-5,7,13H,2-3,6,8H2,1H3,(H,21,25,27). The van der Waals surface area contributed by atoms with Gasteiger partial charge >= 0.3 is 11.7 Å². The molecule has 4 amide bonds. The van der Waals surface area contributed by atoms with Crippen LogP contribution in [-0.4, -0.2) is 42.4 Å². The Morgan fingerprint density at radius 3 is 2.82 bits per heavy atom. The van der Waals surface area contributed by atoms with Gasteiger partial charge in [-0.2, -0.15) is 0 Å². The number of halogens is 1. The number of carbonyl (C=O) groups excluding carboxylic acids is 3. The van der Waals surface area contributed by atoms with E-state index in [0.29, 0.717) is 34.6 Å². The minimum Gasteiger partial charge on any atom is -0.422 e. The first kappa shape index (κ1) is 17.2. The number of urea groups is 1. The summed E-state index contributed by atoms with van der Waals surface area (Å²) in [6, 6.07) is 3.80. The molecule has 1 aromatic carbocycles. The van der Waals surface area contributed by atoms with E-state index < -0.39 is 34.9 Å². The highest BCUT2D eigenvalue weighted by molar-refractivity contribution is 6.31. The van der Waals surface area contributed by atoms with Crippen molar-refractivity contribution in [1.29, 1.82) is 0 Å². The monoisotopic (exact) mass is 401 g/mol. The van der Waals surface area contributed by atoms with Gasteiger partial charge in [0.05, 0.1) is 17.3 Å². The van der Waals surface area contributed by atoms with Crippen LogP contribution in [0.15, 0.2) is 27.4 Å². The van der Waals surface area contributed by atoms with Crippen LogP contribution in [0.1, 0.15) is 18.4 Å². The first-order valence-corrected chi connectivity index (χ1v) is 9.38. The number of nitrogens with one attached hydrogen (secondary N) is 1. The number of barbiturate groups is 1. The molecule has 2 unspecified atom stereocenters. The van der Waals surface area contributed by atoms with E-state index in [1.165, 1.54) is 7.05 Å². The van der Waals surface area contributed by atoms with Gasteiger partial charge in [0.2, 0.25) is 11.8 Å². The molecule has 2 atom stereocenters. The lowest BCUT2D eigenvalue weighted by molar-refractivity contribution is -0.152. The summed E-state index contributed by atoms with van der Waals surface area (Å²) in [6.45, 7) is 0.586. The predicted molar refractivity (Wildman–Crippen MR) is 100 cm³/mol. The smallest absolute Gasteiger partial charge is 0.341 e. The largest absolute Gasteiger partial charge is 0.422 e. The summed E-state index contributed by atoms with van der Waals surface area (Å²) in [7, 11) is 1.34. The Balaban J connectivity index is 1.81. The van der Waals surface area contributed by atoms with Gasteiger partial charge in [-0.3, -0.25) is 19.8 Å². The molecule has 3 aliphatic rings. The SMILES string of the molecule is CN1C(=O)NC(=O)C2(Cc3c(c4cc(Cl)ccc4oc3=O)N3CCCC32)C1=O. The number of carbonyl (C=O) groups is 3. The van der Waals surface area contributed by atoms with Crippen molar-refractivity contribution in [2.75, 3.05) is 18.5 Å². The van der Waals surface area contributed by atoms with Gasteiger partial charge in [0.1, 0.15) is 5.58 Å². The van der Waals surface area contributed by atoms with Crippen LogP contribution in [-0.2, 0) is 16.0 Å². The molecular weight excluding hydrogens is 386 g/mol. The summed E-state index contributed by atoms with van der Waals surface area (Å²) in [5, 5.41) is 3.45. The van der Waals surface area contributed by atoms with E-state index in [2.05, 4.69) is 5.32 Å². The average molecular weight is 402 g/mol. The molecule has 28 heavy (non-hydrogen) atoms. The lowest BCUT2D eigenvalue weighted by Gasteiger charge is -2.48. The Bertz CT molecular complexity index is 1140. The van der Waals surface area contributed by atoms with Crippen LogP contribution in [0.2, 0.25) is 5.02 Å². The fourth-order valence-corrected chi connectivity index (χ4v) is 5.03. The second kappa shape index (κ2) is 5.57. The van der Waals surface area contributed by atoms with Crippen molar-refractivity contribution in [2.24, 2.45) is 5.41 Å². The van der Waals surface area contributed by atoms with E-state index in [1.54, 1.807) is 18.2 Å². The summed E-state index contributed by atoms with van der Waals surface area (Å²) >= 11 is 6.17. The summed E-state index contributed by atoms with van der Waals surface area (Å²) in [5.74, 6) is -1.25. The van der Waals surface area contributed by atoms with Crippen LogP contribution in [0.3, 0.4) is 0 Å². The number of amides is 4. The topological polar surface area (TPSA) is 99.9 Å². The third-order valence-electron chi connectivity index (χ3n) is 6.11. The fourth-order valence-electron chi connectivity index (χ4n) is 4.86. The molecule has 144 valence electrons. The van der Waals surface area contributed by atoms with Crippen molar-refractivity contribution in [1.82, 2.24) is 10.2 Å². The van der Waals surface area contributed by atoms with Gasteiger partial charge in [0.25, 0.3) is 0 Å². The Morgan fingerprint density at radius 1 is 1.25 bits per heavy atom. The van der Waals surface area contributed by atoms with Crippen molar-refractivity contribution in [3.8, 4) is 0 Å². The van der Waals surface area contributed by atoms with Crippen molar-refractivity contribution in [3.05, 3.63) is 39.2 Å². The highest BCUT2D eigenvalue weighted by Crippen LogP contribution is 2.49. The number of hydrogen-bond donors (Lipinski definition) is 1. The molecule has 5 rings (SSSR count). The molecule has 9 heteroatoms. The molecule has 0 bridgehead atoms. The molecule has 2 fully saturated rings. The van der Waals surface area contributed by atoms with Crippen molar-refractivity contribution in [3.63, 3.8) is 0 Å². The van der Waals surface area contributed by atoms with Crippen molar-refractivity contribution >= 4 is 46.1 Å². The van der Waals surface area contributed by atoms with Crippen molar-refractivity contribution < 1.29 is 18.8 Å². The summed E-state index contributed by atoms with van der Waals surface area (Å²) in [4.78, 5) is 53.7. The Morgan fingerprint density at radius 2 is 2.04 bits per heavy atom. The first-order valence-electron chi connectivity index (χ1n) is 9.00. The van der Waals surface area contributed by atoms with Crippen LogP contribution in [0.5, 0.6) is 0 Å². The van der Waals surface area contributed by atoms with Gasteiger partial charge in [0, 0.05) is 30.4 Å². The van der Waals surface area contributed by atoms with Crippen LogP contribution < -0.4 is 15.8 Å². The molecule has 2 aromatic rings. The number of rotatable bonds is 0. The lowest BCUT2D eigenvalue weighted by Crippen LogP contribution is -2.70. The van der Waals surface area contributed by atoms with Crippen LogP contribution in [0.4, 0.5) is 10.5 Å². The maximum absolute atomic E-state index is 13.2. The van der Waals surface area contributed by atoms with Crippen LogP contribution >= 0.6 is 11.6 Å². The minimum atomic E-state index is -1.53. The molecule has 0 radical (unpaired) electrons. The number of nitrogens with zero attached hydrogens (tertiary/aromatic N) is 2. The molecule has 0 saturated carbocycles. The van der Waals surface area contributed by atoms with Gasteiger partial charge in [-0.1, -0.05) is 11.6 Å². The number of imide groups is 2. The molecular formula is C19H16ClN3O5. The number of fused-ring (bicyclic) bond motifs is 6. The molecule has 1 N–H and O–H groups in total. The van der Waals surface area contributed by atoms with E-state index >= 15 is 0 Å². The van der Waals surface area contributed by atoms with Gasteiger partial charge < -0.3 is 9.32 Å². The molecule has 3 aliphatic heterocycles. The first-order chi connectivity index (χ1) is 13.3. The zero-order chi connectivity index (χ0) is 19.8. The molecule has 2 saturated heterocycles. The van der Waals surface area contributed by atoms with Crippen LogP contribution in [0.25, 0.3) is 11.0 Å². The second-order valence-corrected chi connectivity index (χ2v) is 7.92. The van der Waals surface area contributed by atoms with Gasteiger partial charge in [-0.25, -0.2) is 9.59 Å². The minimum absolute atomic E-state index is 0.115. The zero-order valence-electron chi connectivity index (χ0n) is 15.0. The number of benzene rings is 1. The molecule has 8 nitrogen and oxygen atoms in total. The van der Waals surface area contributed by atoms with E-state index in [9.17, 15) is 19.2 Å². The molecule has 1 spiro atoms. The maximum atomic E-state index is 13.2. The third-order valence-corrected chi connectivity index (χ3v) is 6.35. The highest BCUT2D eigenvalue weighted by atomic mass is 35.5. The van der Waals surface area contributed by atoms with Gasteiger partial charge in [-0.15, -0.1) is 0 Å². The Labute approximate surface area is 164 Å². The molecule has 0 aliphatic carbocycles. The Kier molecular flexibility index (Phi) is 3.43. The van der Waals surface area contributed by atoms with E-state index in [0.717, 1.165) is 11.3 Å². The fraction of sp³-hybridized carbons (Fsp3) is 0.368. The van der Waals surface area contributed by atoms with Crippen LogP contribution in [0, 0.1) is 5.41 Å². The highest BCUT2D eigenvalue weighted by Gasteiger charge is 2.63. The second-order valence-electron chi connectivity index (χ2n) is 7.48. The van der Waals surface area contributed by atoms with E-state index in [-0.39, 0.29) is 12.0 Å².